The average Bonchev–Trinajstić information content (AvgIpc) is 2.93. The van der Waals surface area contributed by atoms with Crippen LogP contribution in [-0.4, -0.2) is 21.2 Å². The first-order valence-corrected chi connectivity index (χ1v) is 9.19. The van der Waals surface area contributed by atoms with E-state index < -0.39 is 5.82 Å². The van der Waals surface area contributed by atoms with Gasteiger partial charge >= 0.3 is 0 Å². The molecule has 0 aliphatic rings. The Bertz CT molecular complexity index is 897. The van der Waals surface area contributed by atoms with Crippen molar-refractivity contribution in [3.63, 3.8) is 0 Å². The van der Waals surface area contributed by atoms with Gasteiger partial charge in [0, 0.05) is 11.0 Å². The number of rotatable bonds is 5. The first kappa shape index (κ1) is 17.0. The van der Waals surface area contributed by atoms with E-state index in [0.29, 0.717) is 4.47 Å². The number of hydrogen-bond acceptors (Lipinski definition) is 3. The van der Waals surface area contributed by atoms with Gasteiger partial charge in [0.15, 0.2) is 5.16 Å². The summed E-state index contributed by atoms with van der Waals surface area (Å²) in [6.07, 6.45) is 0. The number of aromatic nitrogens is 2. The van der Waals surface area contributed by atoms with E-state index >= 15 is 0 Å². The van der Waals surface area contributed by atoms with E-state index in [2.05, 4.69) is 30.8 Å². The van der Waals surface area contributed by atoms with Gasteiger partial charge in [-0.1, -0.05) is 39.8 Å². The Morgan fingerprint density at radius 3 is 2.88 bits per heavy atom. The number of fused-ring (bicyclic) bond motifs is 1. The topological polar surface area (TPSA) is 46.9 Å². The summed E-state index contributed by atoms with van der Waals surface area (Å²) in [5.74, 6) is -0.571. The van der Waals surface area contributed by atoms with Gasteiger partial charge in [0.25, 0.3) is 0 Å². The van der Waals surface area contributed by atoms with Gasteiger partial charge < -0.3 is 9.88 Å². The number of aryl methyl sites for hydroxylation is 1. The van der Waals surface area contributed by atoms with Crippen LogP contribution in [0.1, 0.15) is 6.92 Å². The smallest absolute Gasteiger partial charge is 0.234 e. The Morgan fingerprint density at radius 2 is 2.12 bits per heavy atom. The summed E-state index contributed by atoms with van der Waals surface area (Å²) in [5, 5.41) is 3.37. The minimum absolute atomic E-state index is 0.166. The fourth-order valence-corrected chi connectivity index (χ4v) is 3.59. The lowest BCUT2D eigenvalue weighted by Crippen LogP contribution is -2.15. The van der Waals surface area contributed by atoms with Gasteiger partial charge in [-0.3, -0.25) is 4.79 Å². The minimum Gasteiger partial charge on any atom is -0.323 e. The molecule has 0 unspecified atom stereocenters. The summed E-state index contributed by atoms with van der Waals surface area (Å²) in [7, 11) is 0. The molecule has 1 aromatic heterocycles. The number of thioether (sulfide) groups is 1. The highest BCUT2D eigenvalue weighted by atomic mass is 79.9. The van der Waals surface area contributed by atoms with Crippen LogP contribution in [0, 0.1) is 5.82 Å². The molecule has 0 saturated carbocycles. The summed E-state index contributed by atoms with van der Waals surface area (Å²) in [6, 6.07) is 12.4. The third kappa shape index (κ3) is 3.62. The Morgan fingerprint density at radius 1 is 1.33 bits per heavy atom. The molecule has 0 radical (unpaired) electrons. The van der Waals surface area contributed by atoms with Gasteiger partial charge in [0.2, 0.25) is 5.91 Å². The molecule has 0 saturated heterocycles. The molecule has 124 valence electrons. The molecule has 4 nitrogen and oxygen atoms in total. The van der Waals surface area contributed by atoms with Crippen LogP contribution in [0.5, 0.6) is 0 Å². The van der Waals surface area contributed by atoms with Crippen molar-refractivity contribution >= 4 is 50.3 Å². The largest absolute Gasteiger partial charge is 0.323 e. The van der Waals surface area contributed by atoms with Crippen molar-refractivity contribution < 1.29 is 9.18 Å². The zero-order chi connectivity index (χ0) is 17.1. The maximum Gasteiger partial charge on any atom is 0.234 e. The molecule has 0 fully saturated rings. The van der Waals surface area contributed by atoms with Crippen LogP contribution in [0.4, 0.5) is 10.1 Å². The van der Waals surface area contributed by atoms with Gasteiger partial charge in [-0.2, -0.15) is 0 Å². The molecule has 2 aromatic carbocycles. The molecule has 1 N–H and O–H groups in total. The summed E-state index contributed by atoms with van der Waals surface area (Å²) in [5.41, 5.74) is 2.12. The average molecular weight is 408 g/mol. The number of nitrogens with zero attached hydrogens (tertiary/aromatic N) is 2. The van der Waals surface area contributed by atoms with Crippen LogP contribution >= 0.6 is 27.7 Å². The number of hydrogen-bond donors (Lipinski definition) is 1. The molecular formula is C17H15BrFN3OS. The van der Waals surface area contributed by atoms with Crippen molar-refractivity contribution in [2.45, 2.75) is 18.6 Å². The van der Waals surface area contributed by atoms with Crippen molar-refractivity contribution in [3.05, 3.63) is 52.8 Å². The van der Waals surface area contributed by atoms with Gasteiger partial charge in [0.1, 0.15) is 5.82 Å². The van der Waals surface area contributed by atoms with Crippen LogP contribution in [0.25, 0.3) is 11.0 Å². The van der Waals surface area contributed by atoms with Gasteiger partial charge in [-0.05, 0) is 37.3 Å². The van der Waals surface area contributed by atoms with E-state index in [9.17, 15) is 9.18 Å². The molecule has 0 spiro atoms. The van der Waals surface area contributed by atoms with Crippen molar-refractivity contribution in [3.8, 4) is 0 Å². The van der Waals surface area contributed by atoms with E-state index in [0.717, 1.165) is 22.7 Å². The number of carbonyl (C=O) groups excluding carboxylic acids is 1. The highest BCUT2D eigenvalue weighted by Gasteiger charge is 2.13. The van der Waals surface area contributed by atoms with Gasteiger partial charge in [0.05, 0.1) is 22.5 Å². The molecule has 7 heteroatoms. The Kier molecular flexibility index (Phi) is 5.20. The summed E-state index contributed by atoms with van der Waals surface area (Å²) in [6.45, 7) is 2.81. The molecule has 3 rings (SSSR count). The van der Waals surface area contributed by atoms with E-state index in [1.165, 1.54) is 23.9 Å². The number of carbonyl (C=O) groups is 1. The summed E-state index contributed by atoms with van der Waals surface area (Å²) < 4.78 is 16.5. The summed E-state index contributed by atoms with van der Waals surface area (Å²) in [4.78, 5) is 16.6. The number of halogens is 2. The number of nitrogens with one attached hydrogen (secondary N) is 1. The van der Waals surface area contributed by atoms with Crippen LogP contribution in [0.2, 0.25) is 0 Å². The van der Waals surface area contributed by atoms with E-state index in [-0.39, 0.29) is 17.3 Å². The second kappa shape index (κ2) is 7.36. The lowest BCUT2D eigenvalue weighted by molar-refractivity contribution is -0.113. The predicted octanol–water partition coefficient (Wildman–Crippen LogP) is 4.69. The second-order valence-electron chi connectivity index (χ2n) is 5.09. The fourth-order valence-electron chi connectivity index (χ4n) is 2.38. The first-order chi connectivity index (χ1) is 11.6. The number of amides is 1. The Hall–Kier alpha value is -1.86. The molecule has 3 aromatic rings. The third-order valence-electron chi connectivity index (χ3n) is 3.47. The van der Waals surface area contributed by atoms with Crippen molar-refractivity contribution in [2.75, 3.05) is 11.1 Å². The van der Waals surface area contributed by atoms with E-state index in [1.54, 1.807) is 6.07 Å². The van der Waals surface area contributed by atoms with Crippen LogP contribution < -0.4 is 5.32 Å². The molecule has 0 aliphatic heterocycles. The molecule has 1 amide bonds. The zero-order valence-corrected chi connectivity index (χ0v) is 15.3. The maximum absolute atomic E-state index is 13.8. The van der Waals surface area contributed by atoms with Crippen LogP contribution in [0.3, 0.4) is 0 Å². The lowest BCUT2D eigenvalue weighted by Gasteiger charge is -2.07. The van der Waals surface area contributed by atoms with E-state index in [1.807, 2.05) is 31.2 Å². The number of para-hydroxylation sites is 2. The molecule has 1 heterocycles. The number of anilines is 1. The van der Waals surface area contributed by atoms with Crippen molar-refractivity contribution in [1.29, 1.82) is 0 Å². The second-order valence-corrected chi connectivity index (χ2v) is 6.95. The fraction of sp³-hybridized carbons (Fsp3) is 0.176. The molecule has 24 heavy (non-hydrogen) atoms. The number of imidazole rings is 1. The van der Waals surface area contributed by atoms with Gasteiger partial charge in [-0.15, -0.1) is 0 Å². The Labute approximate surface area is 151 Å². The lowest BCUT2D eigenvalue weighted by atomic mass is 10.3. The monoisotopic (exact) mass is 407 g/mol. The quantitative estimate of drug-likeness (QED) is 0.624. The van der Waals surface area contributed by atoms with Crippen LogP contribution in [0.15, 0.2) is 52.1 Å². The van der Waals surface area contributed by atoms with E-state index in [4.69, 9.17) is 0 Å². The SMILES string of the molecule is CCn1c(SCC(=O)Nc2ccc(Br)cc2F)nc2ccccc21. The highest BCUT2D eigenvalue weighted by molar-refractivity contribution is 9.10. The minimum atomic E-state index is -0.469. The maximum atomic E-state index is 13.8. The standard InChI is InChI=1S/C17H15BrFN3OS/c1-2-22-15-6-4-3-5-14(15)21-17(22)24-10-16(23)20-13-8-7-11(18)9-12(13)19/h3-9H,2,10H2,1H3,(H,20,23). The summed E-state index contributed by atoms with van der Waals surface area (Å²) >= 11 is 4.53. The molecular weight excluding hydrogens is 393 g/mol. The molecule has 0 aliphatic carbocycles. The third-order valence-corrected chi connectivity index (χ3v) is 4.94. The van der Waals surface area contributed by atoms with Crippen molar-refractivity contribution in [1.82, 2.24) is 9.55 Å². The van der Waals surface area contributed by atoms with Gasteiger partial charge in [-0.25, -0.2) is 9.37 Å². The van der Waals surface area contributed by atoms with Crippen LogP contribution in [-0.2, 0) is 11.3 Å². The Balaban J connectivity index is 1.70. The zero-order valence-electron chi connectivity index (χ0n) is 12.9. The van der Waals surface area contributed by atoms with Crippen molar-refractivity contribution in [2.24, 2.45) is 0 Å². The molecule has 0 atom stereocenters. The predicted molar refractivity (Wildman–Crippen MR) is 98.9 cm³/mol. The highest BCUT2D eigenvalue weighted by Crippen LogP contribution is 2.24. The molecule has 0 bridgehead atoms. The first-order valence-electron chi connectivity index (χ1n) is 7.41. The number of benzene rings is 2. The normalized spacial score (nSPS) is 11.0.